The van der Waals surface area contributed by atoms with Crippen molar-refractivity contribution in [3.05, 3.63) is 22.4 Å². The van der Waals surface area contributed by atoms with Crippen molar-refractivity contribution in [3.8, 4) is 11.5 Å². The molecular formula is C7H4BrFO2. The van der Waals surface area contributed by atoms with Gasteiger partial charge in [-0.2, -0.15) is 0 Å². The molecule has 0 amide bonds. The molecule has 0 saturated carbocycles. The Kier molecular flexibility index (Phi) is 1.26. The first kappa shape index (κ1) is 5.83. The molecule has 0 fully saturated rings. The van der Waals surface area contributed by atoms with Crippen molar-refractivity contribution < 1.29 is 15.2 Å². The molecule has 0 aliphatic carbocycles. The summed E-state index contributed by atoms with van der Waals surface area (Å²) in [5.74, 6) is 0.121. The highest BCUT2D eigenvalue weighted by Gasteiger charge is 2.18. The van der Waals surface area contributed by atoms with E-state index in [1.54, 1.807) is 0 Å². The van der Waals surface area contributed by atoms with Crippen molar-refractivity contribution in [2.45, 2.75) is 0 Å². The fourth-order valence-corrected chi connectivity index (χ4v) is 1.28. The molecule has 0 unspecified atom stereocenters. The van der Waals surface area contributed by atoms with E-state index < -0.39 is 5.82 Å². The molecule has 0 saturated heterocycles. The standard InChI is InChI=1S/C7H4BrFO2/c8-6-4(9)1-2-5-7(6)11-3-10-5/h1-2H,3H2/i1D. The Hall–Kier alpha value is -0.770. The molecule has 0 radical (unpaired) electrons. The minimum Gasteiger partial charge on any atom is -0.454 e. The average molecular weight is 220 g/mol. The van der Waals surface area contributed by atoms with Crippen LogP contribution in [0.1, 0.15) is 1.37 Å². The molecule has 2 nitrogen and oxygen atoms in total. The van der Waals surface area contributed by atoms with Gasteiger partial charge in [-0.1, -0.05) is 0 Å². The van der Waals surface area contributed by atoms with Crippen LogP contribution in [0.15, 0.2) is 16.6 Å². The fourth-order valence-electron chi connectivity index (χ4n) is 0.859. The second-order valence-electron chi connectivity index (χ2n) is 2.02. The topological polar surface area (TPSA) is 18.5 Å². The molecule has 58 valence electrons. The van der Waals surface area contributed by atoms with Gasteiger partial charge in [0, 0.05) is 0 Å². The Morgan fingerprint density at radius 2 is 2.45 bits per heavy atom. The molecular weight excluding hydrogens is 215 g/mol. The van der Waals surface area contributed by atoms with Gasteiger partial charge in [0.05, 0.1) is 5.84 Å². The maximum Gasteiger partial charge on any atom is 0.231 e. The van der Waals surface area contributed by atoms with E-state index in [2.05, 4.69) is 15.9 Å². The predicted octanol–water partition coefficient (Wildman–Crippen LogP) is 2.32. The molecule has 0 spiro atoms. The SMILES string of the molecule is [2H]c1cc2c(c(Br)c1F)OCO2. The van der Waals surface area contributed by atoms with Crippen molar-refractivity contribution in [1.82, 2.24) is 0 Å². The van der Waals surface area contributed by atoms with E-state index in [0.29, 0.717) is 11.5 Å². The zero-order valence-corrected chi connectivity index (χ0v) is 6.94. The maximum atomic E-state index is 13.0. The third-order valence-electron chi connectivity index (χ3n) is 1.36. The number of fused-ring (bicyclic) bond motifs is 1. The lowest BCUT2D eigenvalue weighted by molar-refractivity contribution is 0.173. The minimum absolute atomic E-state index is 0.0802. The van der Waals surface area contributed by atoms with Crippen LogP contribution in [0.2, 0.25) is 0 Å². The summed E-state index contributed by atoms with van der Waals surface area (Å²) in [5.41, 5.74) is 0. The van der Waals surface area contributed by atoms with Crippen LogP contribution in [-0.2, 0) is 0 Å². The van der Waals surface area contributed by atoms with Gasteiger partial charge in [-0.3, -0.25) is 0 Å². The van der Waals surface area contributed by atoms with Crippen molar-refractivity contribution in [2.75, 3.05) is 6.79 Å². The van der Waals surface area contributed by atoms with Crippen LogP contribution in [0, 0.1) is 5.82 Å². The Labute approximate surface area is 72.5 Å². The van der Waals surface area contributed by atoms with E-state index in [-0.39, 0.29) is 17.3 Å². The summed E-state index contributed by atoms with van der Waals surface area (Å²) >= 11 is 2.98. The lowest BCUT2D eigenvalue weighted by Gasteiger charge is -1.98. The Morgan fingerprint density at radius 3 is 3.27 bits per heavy atom. The molecule has 4 heteroatoms. The summed E-state index contributed by atoms with van der Waals surface area (Å²) in [7, 11) is 0. The van der Waals surface area contributed by atoms with Gasteiger partial charge in [-0.05, 0) is 28.0 Å². The van der Waals surface area contributed by atoms with Crippen molar-refractivity contribution in [2.24, 2.45) is 0 Å². The highest BCUT2D eigenvalue weighted by molar-refractivity contribution is 9.10. The van der Waals surface area contributed by atoms with E-state index in [0.717, 1.165) is 0 Å². The molecule has 1 heterocycles. The van der Waals surface area contributed by atoms with Crippen molar-refractivity contribution in [1.29, 1.82) is 0 Å². The Balaban J connectivity index is 2.67. The van der Waals surface area contributed by atoms with Crippen LogP contribution in [-0.4, -0.2) is 6.79 Å². The molecule has 0 bridgehead atoms. The molecule has 0 atom stereocenters. The van der Waals surface area contributed by atoms with Crippen LogP contribution >= 0.6 is 15.9 Å². The number of benzene rings is 1. The lowest BCUT2D eigenvalue weighted by Crippen LogP contribution is -1.93. The summed E-state index contributed by atoms with van der Waals surface area (Å²) in [6, 6.07) is 1.09. The van der Waals surface area contributed by atoms with Crippen molar-refractivity contribution >= 4 is 15.9 Å². The number of halogens is 2. The summed E-state index contributed by atoms with van der Waals surface area (Å²) in [6.45, 7) is 0.0802. The smallest absolute Gasteiger partial charge is 0.231 e. The van der Waals surface area contributed by atoms with E-state index >= 15 is 0 Å². The molecule has 0 N–H and O–H groups in total. The van der Waals surface area contributed by atoms with Gasteiger partial charge < -0.3 is 9.47 Å². The molecule has 0 aromatic heterocycles. The Morgan fingerprint density at radius 1 is 1.64 bits per heavy atom. The van der Waals surface area contributed by atoms with Gasteiger partial charge in [-0.25, -0.2) is 4.39 Å². The molecule has 2 rings (SSSR count). The fraction of sp³-hybridized carbons (Fsp3) is 0.143. The first-order valence-corrected chi connectivity index (χ1v) is 3.73. The number of ether oxygens (including phenoxy) is 2. The lowest BCUT2D eigenvalue weighted by atomic mass is 10.3. The van der Waals surface area contributed by atoms with Gasteiger partial charge in [-0.15, -0.1) is 0 Å². The highest BCUT2D eigenvalue weighted by Crippen LogP contribution is 2.39. The predicted molar refractivity (Wildman–Crippen MR) is 40.2 cm³/mol. The first-order valence-electron chi connectivity index (χ1n) is 3.44. The van der Waals surface area contributed by atoms with Crippen LogP contribution in [0.25, 0.3) is 0 Å². The minimum atomic E-state index is -0.626. The van der Waals surface area contributed by atoms with Gasteiger partial charge >= 0.3 is 0 Å². The molecule has 1 aliphatic heterocycles. The zero-order chi connectivity index (χ0) is 8.72. The van der Waals surface area contributed by atoms with Crippen LogP contribution in [0.4, 0.5) is 4.39 Å². The summed E-state index contributed by atoms with van der Waals surface area (Å²) in [4.78, 5) is 0. The van der Waals surface area contributed by atoms with E-state index in [1.165, 1.54) is 6.07 Å². The monoisotopic (exact) mass is 219 g/mol. The van der Waals surface area contributed by atoms with Crippen molar-refractivity contribution in [3.63, 3.8) is 0 Å². The second-order valence-corrected chi connectivity index (χ2v) is 2.81. The molecule has 1 aliphatic rings. The number of hydrogen-bond acceptors (Lipinski definition) is 2. The highest BCUT2D eigenvalue weighted by atomic mass is 79.9. The quantitative estimate of drug-likeness (QED) is 0.667. The third-order valence-corrected chi connectivity index (χ3v) is 2.07. The van der Waals surface area contributed by atoms with Gasteiger partial charge in [0.1, 0.15) is 5.82 Å². The Bertz CT molecular complexity index is 343. The largest absolute Gasteiger partial charge is 0.454 e. The number of hydrogen-bond donors (Lipinski definition) is 0. The normalized spacial score (nSPS) is 14.9. The summed E-state index contributed by atoms with van der Waals surface area (Å²) in [6.07, 6.45) is 0. The summed E-state index contributed by atoms with van der Waals surface area (Å²) in [5, 5.41) is 0. The van der Waals surface area contributed by atoms with E-state index in [4.69, 9.17) is 10.8 Å². The number of rotatable bonds is 0. The van der Waals surface area contributed by atoms with Gasteiger partial charge in [0.15, 0.2) is 11.5 Å². The second kappa shape index (κ2) is 2.37. The maximum absolute atomic E-state index is 13.0. The molecule has 1 aromatic carbocycles. The van der Waals surface area contributed by atoms with Crippen LogP contribution in [0.5, 0.6) is 11.5 Å². The van der Waals surface area contributed by atoms with Gasteiger partial charge in [0.25, 0.3) is 0 Å². The van der Waals surface area contributed by atoms with E-state index in [1.807, 2.05) is 0 Å². The van der Waals surface area contributed by atoms with E-state index in [9.17, 15) is 4.39 Å². The summed E-state index contributed by atoms with van der Waals surface area (Å²) < 4.78 is 30.3. The van der Waals surface area contributed by atoms with Gasteiger partial charge in [0.2, 0.25) is 6.79 Å². The molecule has 1 aromatic rings. The zero-order valence-electron chi connectivity index (χ0n) is 6.36. The first-order chi connectivity index (χ1) is 5.70. The van der Waals surface area contributed by atoms with Crippen LogP contribution < -0.4 is 9.47 Å². The van der Waals surface area contributed by atoms with Crippen LogP contribution in [0.3, 0.4) is 0 Å². The average Bonchev–Trinajstić information content (AvgIpc) is 2.48. The third kappa shape index (κ3) is 0.976. The molecule has 11 heavy (non-hydrogen) atoms.